The van der Waals surface area contributed by atoms with E-state index in [0.29, 0.717) is 17.7 Å². The standard InChI is InChI=1S/C21H25N3O4S/c1-3-20(25)24-19-10-8-18(9-11-19)21(26)22-13-14-23-29(27,28)15-12-17-6-4-16(2)5-7-17/h4-12,15,23H,3,13-14H2,1-2H3,(H,22,26)(H,24,25)/b15-12+. The molecule has 0 spiro atoms. The van der Waals surface area contributed by atoms with Crippen molar-refractivity contribution in [1.82, 2.24) is 10.0 Å². The Bertz CT molecular complexity index is 966. The van der Waals surface area contributed by atoms with Crippen molar-refractivity contribution in [1.29, 1.82) is 0 Å². The van der Waals surface area contributed by atoms with Gasteiger partial charge in [0.25, 0.3) is 5.91 Å². The Morgan fingerprint density at radius 2 is 1.62 bits per heavy atom. The second-order valence-electron chi connectivity index (χ2n) is 6.39. The van der Waals surface area contributed by atoms with Gasteiger partial charge >= 0.3 is 0 Å². The number of anilines is 1. The van der Waals surface area contributed by atoms with Crippen LogP contribution in [-0.2, 0) is 14.8 Å². The molecule has 2 aromatic rings. The van der Waals surface area contributed by atoms with Crippen LogP contribution in [0.3, 0.4) is 0 Å². The van der Waals surface area contributed by atoms with Crippen molar-refractivity contribution >= 4 is 33.6 Å². The Hall–Kier alpha value is -2.97. The maximum Gasteiger partial charge on any atom is 0.251 e. The van der Waals surface area contributed by atoms with Gasteiger partial charge in [-0.3, -0.25) is 9.59 Å². The number of hydrogen-bond donors (Lipinski definition) is 3. The summed E-state index contributed by atoms with van der Waals surface area (Å²) < 4.78 is 26.4. The Balaban J connectivity index is 1.78. The van der Waals surface area contributed by atoms with E-state index in [-0.39, 0.29) is 24.9 Å². The van der Waals surface area contributed by atoms with Gasteiger partial charge in [-0.25, -0.2) is 13.1 Å². The van der Waals surface area contributed by atoms with Gasteiger partial charge in [0.2, 0.25) is 15.9 Å². The molecule has 0 saturated carbocycles. The molecule has 2 aromatic carbocycles. The molecule has 0 heterocycles. The zero-order valence-electron chi connectivity index (χ0n) is 16.4. The summed E-state index contributed by atoms with van der Waals surface area (Å²) in [6, 6.07) is 13.9. The number of carbonyl (C=O) groups is 2. The van der Waals surface area contributed by atoms with Crippen LogP contribution in [0.2, 0.25) is 0 Å². The maximum atomic E-state index is 12.1. The fourth-order valence-electron chi connectivity index (χ4n) is 2.32. The van der Waals surface area contributed by atoms with Crippen LogP contribution in [0.15, 0.2) is 53.9 Å². The van der Waals surface area contributed by atoms with E-state index in [0.717, 1.165) is 16.5 Å². The third kappa shape index (κ3) is 7.89. The molecule has 29 heavy (non-hydrogen) atoms. The summed E-state index contributed by atoms with van der Waals surface area (Å²) in [6.45, 7) is 3.92. The predicted octanol–water partition coefficient (Wildman–Crippen LogP) is 2.66. The van der Waals surface area contributed by atoms with Crippen molar-refractivity contribution in [3.8, 4) is 0 Å². The lowest BCUT2D eigenvalue weighted by atomic mass is 10.2. The minimum atomic E-state index is -3.59. The summed E-state index contributed by atoms with van der Waals surface area (Å²) in [5.41, 5.74) is 2.91. The first kappa shape index (κ1) is 22.3. The van der Waals surface area contributed by atoms with E-state index in [1.165, 1.54) is 6.08 Å². The Morgan fingerprint density at radius 3 is 2.24 bits per heavy atom. The molecular formula is C21H25N3O4S. The van der Waals surface area contributed by atoms with E-state index in [9.17, 15) is 18.0 Å². The molecule has 0 atom stereocenters. The number of amides is 2. The topological polar surface area (TPSA) is 104 Å². The van der Waals surface area contributed by atoms with Crippen LogP contribution in [0, 0.1) is 6.92 Å². The first-order chi connectivity index (χ1) is 13.8. The van der Waals surface area contributed by atoms with Gasteiger partial charge < -0.3 is 10.6 Å². The number of nitrogens with one attached hydrogen (secondary N) is 3. The van der Waals surface area contributed by atoms with Crippen LogP contribution in [0.1, 0.15) is 34.8 Å². The lowest BCUT2D eigenvalue weighted by Gasteiger charge is -2.07. The lowest BCUT2D eigenvalue weighted by Crippen LogP contribution is -2.33. The number of aryl methyl sites for hydroxylation is 1. The van der Waals surface area contributed by atoms with Gasteiger partial charge in [0.15, 0.2) is 0 Å². The van der Waals surface area contributed by atoms with Crippen LogP contribution in [0.5, 0.6) is 0 Å². The largest absolute Gasteiger partial charge is 0.351 e. The molecule has 3 N–H and O–H groups in total. The second-order valence-corrected chi connectivity index (χ2v) is 8.04. The number of carbonyl (C=O) groups excluding carboxylic acids is 2. The van der Waals surface area contributed by atoms with Gasteiger partial charge in [0.05, 0.1) is 0 Å². The molecule has 154 valence electrons. The summed E-state index contributed by atoms with van der Waals surface area (Å²) in [6.07, 6.45) is 1.89. The molecule has 0 fully saturated rings. The molecule has 0 aliphatic rings. The summed E-state index contributed by atoms with van der Waals surface area (Å²) >= 11 is 0. The van der Waals surface area contributed by atoms with Gasteiger partial charge in [0, 0.05) is 36.2 Å². The monoisotopic (exact) mass is 415 g/mol. The van der Waals surface area contributed by atoms with Crippen LogP contribution in [-0.4, -0.2) is 33.3 Å². The number of rotatable bonds is 9. The van der Waals surface area contributed by atoms with Gasteiger partial charge in [-0.1, -0.05) is 36.8 Å². The smallest absolute Gasteiger partial charge is 0.251 e. The fourth-order valence-corrected chi connectivity index (χ4v) is 3.14. The van der Waals surface area contributed by atoms with Gasteiger partial charge in [0.1, 0.15) is 0 Å². The molecular weight excluding hydrogens is 390 g/mol. The van der Waals surface area contributed by atoms with E-state index in [2.05, 4.69) is 15.4 Å². The Kier molecular flexibility index (Phi) is 8.11. The fraction of sp³-hybridized carbons (Fsp3) is 0.238. The highest BCUT2D eigenvalue weighted by atomic mass is 32.2. The van der Waals surface area contributed by atoms with Crippen molar-refractivity contribution in [3.05, 3.63) is 70.6 Å². The second kappa shape index (κ2) is 10.5. The normalized spacial score (nSPS) is 11.4. The molecule has 0 unspecified atom stereocenters. The molecule has 2 rings (SSSR count). The molecule has 0 radical (unpaired) electrons. The molecule has 2 amide bonds. The molecule has 0 saturated heterocycles. The van der Waals surface area contributed by atoms with Crippen LogP contribution in [0.4, 0.5) is 5.69 Å². The highest BCUT2D eigenvalue weighted by Gasteiger charge is 2.08. The summed E-state index contributed by atoms with van der Waals surface area (Å²) in [5, 5.41) is 6.44. The number of hydrogen-bond acceptors (Lipinski definition) is 4. The van der Waals surface area contributed by atoms with Crippen molar-refractivity contribution in [2.45, 2.75) is 20.3 Å². The van der Waals surface area contributed by atoms with Crippen molar-refractivity contribution in [2.24, 2.45) is 0 Å². The van der Waals surface area contributed by atoms with Crippen molar-refractivity contribution < 1.29 is 18.0 Å². The third-order valence-corrected chi connectivity index (χ3v) is 5.08. The summed E-state index contributed by atoms with van der Waals surface area (Å²) in [7, 11) is -3.59. The first-order valence-corrected chi connectivity index (χ1v) is 10.8. The average molecular weight is 416 g/mol. The Labute approximate surface area is 171 Å². The quantitative estimate of drug-likeness (QED) is 0.548. The van der Waals surface area contributed by atoms with Crippen LogP contribution in [0.25, 0.3) is 6.08 Å². The highest BCUT2D eigenvalue weighted by molar-refractivity contribution is 7.92. The minimum absolute atomic E-state index is 0.0664. The maximum absolute atomic E-state index is 12.1. The lowest BCUT2D eigenvalue weighted by molar-refractivity contribution is -0.115. The van der Waals surface area contributed by atoms with Gasteiger partial charge in [-0.15, -0.1) is 0 Å². The summed E-state index contributed by atoms with van der Waals surface area (Å²) in [5.74, 6) is -0.432. The highest BCUT2D eigenvalue weighted by Crippen LogP contribution is 2.10. The van der Waals surface area contributed by atoms with Crippen molar-refractivity contribution in [2.75, 3.05) is 18.4 Å². The van der Waals surface area contributed by atoms with Crippen LogP contribution >= 0.6 is 0 Å². The number of sulfonamides is 1. The van der Waals surface area contributed by atoms with Crippen LogP contribution < -0.4 is 15.4 Å². The van der Waals surface area contributed by atoms with E-state index < -0.39 is 10.0 Å². The van der Waals surface area contributed by atoms with E-state index >= 15 is 0 Å². The van der Waals surface area contributed by atoms with Gasteiger partial charge in [-0.2, -0.15) is 0 Å². The molecule has 7 nitrogen and oxygen atoms in total. The average Bonchev–Trinajstić information content (AvgIpc) is 2.71. The third-order valence-electron chi connectivity index (χ3n) is 3.98. The number of benzene rings is 2. The van der Waals surface area contributed by atoms with E-state index in [1.807, 2.05) is 31.2 Å². The zero-order chi connectivity index (χ0) is 21.3. The molecule has 8 heteroatoms. The molecule has 0 aliphatic carbocycles. The molecule has 0 bridgehead atoms. The first-order valence-electron chi connectivity index (χ1n) is 9.21. The zero-order valence-corrected chi connectivity index (χ0v) is 17.3. The Morgan fingerprint density at radius 1 is 0.966 bits per heavy atom. The van der Waals surface area contributed by atoms with Gasteiger partial charge in [-0.05, 0) is 42.8 Å². The molecule has 0 aliphatic heterocycles. The minimum Gasteiger partial charge on any atom is -0.351 e. The van der Waals surface area contributed by atoms with E-state index in [1.54, 1.807) is 31.2 Å². The van der Waals surface area contributed by atoms with Crippen molar-refractivity contribution in [3.63, 3.8) is 0 Å². The SMILES string of the molecule is CCC(=O)Nc1ccc(C(=O)NCCNS(=O)(=O)/C=C/c2ccc(C)cc2)cc1. The summed E-state index contributed by atoms with van der Waals surface area (Å²) in [4.78, 5) is 23.5. The van der Waals surface area contributed by atoms with E-state index in [4.69, 9.17) is 0 Å². The molecule has 0 aromatic heterocycles. The predicted molar refractivity (Wildman–Crippen MR) is 115 cm³/mol.